The van der Waals surface area contributed by atoms with Gasteiger partial charge in [0, 0.05) is 38.2 Å². The van der Waals surface area contributed by atoms with Gasteiger partial charge in [0.05, 0.1) is 11.8 Å². The van der Waals surface area contributed by atoms with Gasteiger partial charge < -0.3 is 5.11 Å². The van der Waals surface area contributed by atoms with Crippen LogP contribution in [-0.2, 0) is 6.54 Å². The summed E-state index contributed by atoms with van der Waals surface area (Å²) in [6, 6.07) is 1.88. The Labute approximate surface area is 87.0 Å². The number of β-amino-alcohol motifs (C(OH)–C–C–N with tert-alkyl or cyclic N) is 1. The highest BCUT2D eigenvalue weighted by atomic mass is 16.3. The van der Waals surface area contributed by atoms with Crippen LogP contribution in [0.2, 0.25) is 0 Å². The highest BCUT2D eigenvalue weighted by molar-refractivity contribution is 5.29. The average molecular weight is 204 g/mol. The van der Waals surface area contributed by atoms with Crippen LogP contribution in [0.15, 0.2) is 24.7 Å². The van der Waals surface area contributed by atoms with Crippen molar-refractivity contribution in [3.8, 4) is 0 Å². The van der Waals surface area contributed by atoms with E-state index in [1.165, 1.54) is 0 Å². The molecule has 0 bridgehead atoms. The van der Waals surface area contributed by atoms with Crippen LogP contribution in [0.4, 0.5) is 0 Å². The molecule has 5 heteroatoms. The van der Waals surface area contributed by atoms with E-state index in [0.29, 0.717) is 0 Å². The molecule has 0 amide bonds. The Balaban J connectivity index is 1.80. The predicted octanol–water partition coefficient (Wildman–Crippen LogP) is -0.0942. The molecule has 3 heterocycles. The number of imidazole rings is 1. The third-order valence-electron chi connectivity index (χ3n) is 2.61. The number of nitrogens with zero attached hydrogens (tertiary/aromatic N) is 4. The predicted molar refractivity (Wildman–Crippen MR) is 54.3 cm³/mol. The lowest BCUT2D eigenvalue weighted by Crippen LogP contribution is -2.49. The summed E-state index contributed by atoms with van der Waals surface area (Å²) in [6.07, 6.45) is 5.50. The lowest BCUT2D eigenvalue weighted by molar-refractivity contribution is -0.00346. The first-order chi connectivity index (χ1) is 7.31. The molecule has 15 heavy (non-hydrogen) atoms. The molecule has 78 valence electrons. The Bertz CT molecular complexity index is 442. The number of aromatic nitrogens is 3. The van der Waals surface area contributed by atoms with Gasteiger partial charge in [0.1, 0.15) is 0 Å². The van der Waals surface area contributed by atoms with Crippen LogP contribution in [-0.4, -0.2) is 43.6 Å². The van der Waals surface area contributed by atoms with Crippen molar-refractivity contribution < 1.29 is 5.11 Å². The normalized spacial score (nSPS) is 18.2. The summed E-state index contributed by atoms with van der Waals surface area (Å²) >= 11 is 0. The second-order valence-electron chi connectivity index (χ2n) is 3.91. The molecule has 1 aliphatic rings. The number of aliphatic hydroxyl groups is 1. The minimum Gasteiger partial charge on any atom is -0.390 e. The molecule has 0 aliphatic carbocycles. The highest BCUT2D eigenvalue weighted by Gasteiger charge is 2.24. The molecular formula is C10H12N4O. The van der Waals surface area contributed by atoms with E-state index in [4.69, 9.17) is 5.11 Å². The Hall–Kier alpha value is -1.46. The zero-order valence-corrected chi connectivity index (χ0v) is 8.24. The van der Waals surface area contributed by atoms with E-state index in [2.05, 4.69) is 14.9 Å². The van der Waals surface area contributed by atoms with Crippen LogP contribution in [0.1, 0.15) is 5.69 Å². The van der Waals surface area contributed by atoms with Gasteiger partial charge in [0.25, 0.3) is 0 Å². The maximum Gasteiger partial charge on any atom is 0.233 e. The van der Waals surface area contributed by atoms with Gasteiger partial charge >= 0.3 is 0 Å². The summed E-state index contributed by atoms with van der Waals surface area (Å²) < 4.78 is 1.91. The summed E-state index contributed by atoms with van der Waals surface area (Å²) in [7, 11) is 0. The fourth-order valence-corrected chi connectivity index (χ4v) is 1.86. The van der Waals surface area contributed by atoms with E-state index < -0.39 is 0 Å². The summed E-state index contributed by atoms with van der Waals surface area (Å²) in [5.41, 5.74) is 1.00. The van der Waals surface area contributed by atoms with Gasteiger partial charge in [0.2, 0.25) is 5.78 Å². The van der Waals surface area contributed by atoms with Crippen LogP contribution < -0.4 is 0 Å². The smallest absolute Gasteiger partial charge is 0.233 e. The maximum atomic E-state index is 9.16. The highest BCUT2D eigenvalue weighted by Crippen LogP contribution is 2.12. The Morgan fingerprint density at radius 1 is 1.47 bits per heavy atom. The van der Waals surface area contributed by atoms with Crippen LogP contribution >= 0.6 is 0 Å². The van der Waals surface area contributed by atoms with Gasteiger partial charge in [-0.05, 0) is 6.07 Å². The van der Waals surface area contributed by atoms with Gasteiger partial charge in [0.15, 0.2) is 0 Å². The standard InChI is InChI=1S/C10H12N4O/c15-9-6-13(7-9)4-8-5-14-3-1-2-11-10(14)12-8/h1-3,5,9,15H,4,6-7H2. The molecule has 0 unspecified atom stereocenters. The first-order valence-electron chi connectivity index (χ1n) is 5.00. The zero-order chi connectivity index (χ0) is 10.3. The maximum absolute atomic E-state index is 9.16. The fraction of sp³-hybridized carbons (Fsp3) is 0.400. The molecule has 0 atom stereocenters. The lowest BCUT2D eigenvalue weighted by Gasteiger charge is -2.35. The fourth-order valence-electron chi connectivity index (χ4n) is 1.86. The molecular weight excluding hydrogens is 192 g/mol. The number of hydrogen-bond donors (Lipinski definition) is 1. The summed E-state index contributed by atoms with van der Waals surface area (Å²) in [4.78, 5) is 10.7. The monoisotopic (exact) mass is 204 g/mol. The third kappa shape index (κ3) is 1.60. The molecule has 1 N–H and O–H groups in total. The third-order valence-corrected chi connectivity index (χ3v) is 2.61. The summed E-state index contributed by atoms with van der Waals surface area (Å²) in [6.45, 7) is 2.29. The number of rotatable bonds is 2. The second-order valence-corrected chi connectivity index (χ2v) is 3.91. The van der Waals surface area contributed by atoms with Crippen LogP contribution in [0, 0.1) is 0 Å². The second kappa shape index (κ2) is 3.29. The quantitative estimate of drug-likeness (QED) is 0.742. The molecule has 1 fully saturated rings. The molecule has 0 saturated carbocycles. The minimum atomic E-state index is -0.153. The number of likely N-dealkylation sites (tertiary alicyclic amines) is 1. The number of aliphatic hydroxyl groups excluding tert-OH is 1. The van der Waals surface area contributed by atoms with E-state index in [0.717, 1.165) is 31.1 Å². The SMILES string of the molecule is OC1CN(Cc2cn3cccnc3n2)C1. The molecule has 2 aromatic rings. The lowest BCUT2D eigenvalue weighted by atomic mass is 10.1. The van der Waals surface area contributed by atoms with Gasteiger partial charge in [-0.25, -0.2) is 9.97 Å². The summed E-state index contributed by atoms with van der Waals surface area (Å²) in [5.74, 6) is 0.730. The molecule has 0 spiro atoms. The van der Waals surface area contributed by atoms with Gasteiger partial charge in [-0.15, -0.1) is 0 Å². The molecule has 1 aliphatic heterocycles. The van der Waals surface area contributed by atoms with E-state index >= 15 is 0 Å². The average Bonchev–Trinajstić information content (AvgIpc) is 2.57. The van der Waals surface area contributed by atoms with Crippen molar-refractivity contribution in [1.29, 1.82) is 0 Å². The van der Waals surface area contributed by atoms with Gasteiger partial charge in [-0.1, -0.05) is 0 Å². The molecule has 1 saturated heterocycles. The van der Waals surface area contributed by atoms with Crippen molar-refractivity contribution in [3.63, 3.8) is 0 Å². The van der Waals surface area contributed by atoms with Crippen LogP contribution in [0.5, 0.6) is 0 Å². The molecule has 3 rings (SSSR count). The van der Waals surface area contributed by atoms with Gasteiger partial charge in [-0.2, -0.15) is 0 Å². The van der Waals surface area contributed by atoms with E-state index in [1.807, 2.05) is 22.9 Å². The molecule has 5 nitrogen and oxygen atoms in total. The number of hydrogen-bond acceptors (Lipinski definition) is 4. The van der Waals surface area contributed by atoms with Crippen molar-refractivity contribution in [2.24, 2.45) is 0 Å². The van der Waals surface area contributed by atoms with Crippen LogP contribution in [0.3, 0.4) is 0 Å². The van der Waals surface area contributed by atoms with Crippen molar-refractivity contribution in [1.82, 2.24) is 19.3 Å². The van der Waals surface area contributed by atoms with Crippen molar-refractivity contribution in [2.75, 3.05) is 13.1 Å². The largest absolute Gasteiger partial charge is 0.390 e. The Kier molecular flexibility index (Phi) is 1.93. The van der Waals surface area contributed by atoms with Crippen molar-refractivity contribution in [3.05, 3.63) is 30.4 Å². The van der Waals surface area contributed by atoms with Crippen molar-refractivity contribution >= 4 is 5.78 Å². The first-order valence-corrected chi connectivity index (χ1v) is 5.00. The molecule has 0 radical (unpaired) electrons. The van der Waals surface area contributed by atoms with E-state index in [1.54, 1.807) is 6.20 Å². The van der Waals surface area contributed by atoms with E-state index in [9.17, 15) is 0 Å². The number of fused-ring (bicyclic) bond motifs is 1. The first kappa shape index (κ1) is 8.82. The van der Waals surface area contributed by atoms with Crippen molar-refractivity contribution in [2.45, 2.75) is 12.6 Å². The summed E-state index contributed by atoms with van der Waals surface area (Å²) in [5, 5.41) is 9.16. The van der Waals surface area contributed by atoms with E-state index in [-0.39, 0.29) is 6.10 Å². The topological polar surface area (TPSA) is 53.7 Å². The molecule has 0 aromatic carbocycles. The Morgan fingerprint density at radius 2 is 2.33 bits per heavy atom. The minimum absolute atomic E-state index is 0.153. The zero-order valence-electron chi connectivity index (χ0n) is 8.24. The van der Waals surface area contributed by atoms with Crippen LogP contribution in [0.25, 0.3) is 5.78 Å². The Morgan fingerprint density at radius 3 is 3.07 bits per heavy atom. The molecule has 2 aromatic heterocycles. The van der Waals surface area contributed by atoms with Gasteiger partial charge in [-0.3, -0.25) is 9.30 Å².